The first kappa shape index (κ1) is 25.1. The molecule has 3 rings (SSSR count). The van der Waals surface area contributed by atoms with Crippen molar-refractivity contribution in [2.24, 2.45) is 0 Å². The zero-order valence-corrected chi connectivity index (χ0v) is 20.3. The first-order valence-electron chi connectivity index (χ1n) is 10.2. The molecule has 0 aliphatic carbocycles. The van der Waals surface area contributed by atoms with Gasteiger partial charge in [0.15, 0.2) is 0 Å². The number of amides is 1. The quantitative estimate of drug-likeness (QED) is 0.396. The van der Waals surface area contributed by atoms with Crippen LogP contribution in [0.15, 0.2) is 72.8 Å². The highest BCUT2D eigenvalue weighted by Crippen LogP contribution is 2.29. The molecule has 3 aromatic carbocycles. The molecule has 33 heavy (non-hydrogen) atoms. The molecule has 174 valence electrons. The lowest BCUT2D eigenvalue weighted by Crippen LogP contribution is -2.29. The monoisotopic (exact) mass is 506 g/mol. The van der Waals surface area contributed by atoms with E-state index in [1.54, 1.807) is 36.4 Å². The summed E-state index contributed by atoms with van der Waals surface area (Å²) in [5, 5.41) is 3.42. The van der Waals surface area contributed by atoms with Gasteiger partial charge in [0.1, 0.15) is 0 Å². The Hall–Kier alpha value is -2.58. The highest BCUT2D eigenvalue weighted by Gasteiger charge is 2.19. The summed E-state index contributed by atoms with van der Waals surface area (Å²) in [7, 11) is -3.57. The number of sulfonamides is 1. The van der Waals surface area contributed by atoms with Crippen LogP contribution in [0.3, 0.4) is 0 Å². The van der Waals surface area contributed by atoms with Gasteiger partial charge in [-0.2, -0.15) is 0 Å². The second kappa shape index (κ2) is 11.5. The van der Waals surface area contributed by atoms with Gasteiger partial charge in [0.05, 0.1) is 41.7 Å². The zero-order chi connectivity index (χ0) is 23.8. The molecular weight excluding hydrogens is 483 g/mol. The first-order chi connectivity index (χ1) is 15.7. The van der Waals surface area contributed by atoms with Crippen molar-refractivity contribution in [3.63, 3.8) is 0 Å². The summed E-state index contributed by atoms with van der Waals surface area (Å²) in [6.45, 7) is 1.35. The van der Waals surface area contributed by atoms with Gasteiger partial charge >= 0.3 is 0 Å². The number of carbonyl (C=O) groups is 1. The van der Waals surface area contributed by atoms with E-state index in [0.29, 0.717) is 41.6 Å². The Labute approximate surface area is 204 Å². The number of nitrogens with one attached hydrogen (secondary N) is 1. The molecule has 0 radical (unpaired) electrons. The topological polar surface area (TPSA) is 75.7 Å². The Morgan fingerprint density at radius 2 is 1.64 bits per heavy atom. The van der Waals surface area contributed by atoms with Gasteiger partial charge in [-0.15, -0.1) is 0 Å². The highest BCUT2D eigenvalue weighted by atomic mass is 35.5. The summed E-state index contributed by atoms with van der Waals surface area (Å²) in [4.78, 5) is 12.4. The maximum absolute atomic E-state index is 12.4. The second-order valence-electron chi connectivity index (χ2n) is 7.36. The fourth-order valence-corrected chi connectivity index (χ4v) is 4.24. The number of rotatable bonds is 10. The molecule has 0 atom stereocenters. The maximum Gasteiger partial charge on any atom is 0.251 e. The third-order valence-corrected chi connectivity index (χ3v) is 6.66. The van der Waals surface area contributed by atoms with Gasteiger partial charge in [0.25, 0.3) is 5.91 Å². The van der Waals surface area contributed by atoms with E-state index in [1.807, 2.05) is 30.3 Å². The van der Waals surface area contributed by atoms with Crippen molar-refractivity contribution in [2.45, 2.75) is 13.2 Å². The molecule has 1 N–H and O–H groups in total. The lowest BCUT2D eigenvalue weighted by Gasteiger charge is -2.23. The van der Waals surface area contributed by atoms with Crippen LogP contribution in [0.2, 0.25) is 10.0 Å². The summed E-state index contributed by atoms with van der Waals surface area (Å²) in [6.07, 6.45) is 1.12. The van der Waals surface area contributed by atoms with Crippen LogP contribution >= 0.6 is 23.2 Å². The number of hydrogen-bond acceptors (Lipinski definition) is 4. The molecule has 0 aliphatic rings. The molecule has 0 aliphatic heterocycles. The van der Waals surface area contributed by atoms with Crippen LogP contribution in [-0.2, 0) is 27.9 Å². The average molecular weight is 507 g/mol. The number of hydrogen-bond donors (Lipinski definition) is 1. The van der Waals surface area contributed by atoms with Gasteiger partial charge in [0.2, 0.25) is 10.0 Å². The Morgan fingerprint density at radius 3 is 2.27 bits per heavy atom. The molecule has 3 aromatic rings. The molecule has 6 nitrogen and oxygen atoms in total. The van der Waals surface area contributed by atoms with Gasteiger partial charge < -0.3 is 10.1 Å². The molecule has 0 heterocycles. The molecular formula is C24H24Cl2N2O4S. The van der Waals surface area contributed by atoms with Crippen molar-refractivity contribution in [2.75, 3.05) is 23.7 Å². The van der Waals surface area contributed by atoms with E-state index >= 15 is 0 Å². The number of carbonyl (C=O) groups excluding carboxylic acids is 1. The fourth-order valence-electron chi connectivity index (χ4n) is 3.07. The summed E-state index contributed by atoms with van der Waals surface area (Å²) in [6, 6.07) is 21.2. The zero-order valence-electron chi connectivity index (χ0n) is 18.0. The second-order valence-corrected chi connectivity index (χ2v) is 10.1. The minimum Gasteiger partial charge on any atom is -0.375 e. The standard InChI is InChI=1S/C24H24Cl2N2O4S/c1-33(30,31)28(21-11-12-22(25)23(26)15-21)16-18-7-9-20(10-8-18)24(29)27-13-14-32-17-19-5-3-2-4-6-19/h2-12,15H,13-14,16-17H2,1H3,(H,27,29). The van der Waals surface area contributed by atoms with E-state index in [0.717, 1.165) is 11.8 Å². The minimum absolute atomic E-state index is 0.0893. The van der Waals surface area contributed by atoms with Crippen LogP contribution < -0.4 is 9.62 Å². The van der Waals surface area contributed by atoms with Crippen LogP contribution in [0.5, 0.6) is 0 Å². The third kappa shape index (κ3) is 7.47. The number of halogens is 2. The average Bonchev–Trinajstić information content (AvgIpc) is 2.79. The maximum atomic E-state index is 12.4. The summed E-state index contributed by atoms with van der Waals surface area (Å²) < 4.78 is 31.5. The van der Waals surface area contributed by atoms with Crippen LogP contribution in [-0.4, -0.2) is 33.7 Å². The van der Waals surface area contributed by atoms with Gasteiger partial charge in [-0.3, -0.25) is 9.10 Å². The van der Waals surface area contributed by atoms with Crippen molar-refractivity contribution in [1.82, 2.24) is 5.32 Å². The van der Waals surface area contributed by atoms with E-state index in [2.05, 4.69) is 5.32 Å². The SMILES string of the molecule is CS(=O)(=O)N(Cc1ccc(C(=O)NCCOCc2ccccc2)cc1)c1ccc(Cl)c(Cl)c1. The highest BCUT2D eigenvalue weighted by molar-refractivity contribution is 7.92. The van der Waals surface area contributed by atoms with Crippen LogP contribution in [0.25, 0.3) is 0 Å². The fraction of sp³-hybridized carbons (Fsp3) is 0.208. The Kier molecular flexibility index (Phi) is 8.74. The van der Waals surface area contributed by atoms with E-state index in [-0.39, 0.29) is 17.5 Å². The Bertz CT molecular complexity index is 1190. The van der Waals surface area contributed by atoms with Gasteiger partial charge in [-0.25, -0.2) is 8.42 Å². The van der Waals surface area contributed by atoms with E-state index in [9.17, 15) is 13.2 Å². The number of ether oxygens (including phenoxy) is 1. The molecule has 1 amide bonds. The van der Waals surface area contributed by atoms with Crippen molar-refractivity contribution >= 4 is 44.8 Å². The molecule has 0 spiro atoms. The molecule has 0 unspecified atom stereocenters. The Balaban J connectivity index is 1.55. The van der Waals surface area contributed by atoms with E-state index in [1.165, 1.54) is 10.4 Å². The van der Waals surface area contributed by atoms with Crippen molar-refractivity contribution < 1.29 is 17.9 Å². The predicted molar refractivity (Wildman–Crippen MR) is 132 cm³/mol. The molecule has 0 fully saturated rings. The first-order valence-corrected chi connectivity index (χ1v) is 12.8. The lowest BCUT2D eigenvalue weighted by atomic mass is 10.1. The van der Waals surface area contributed by atoms with E-state index in [4.69, 9.17) is 27.9 Å². The van der Waals surface area contributed by atoms with Crippen molar-refractivity contribution in [1.29, 1.82) is 0 Å². The van der Waals surface area contributed by atoms with Crippen molar-refractivity contribution in [3.05, 3.63) is 99.5 Å². The van der Waals surface area contributed by atoms with Gasteiger partial charge in [-0.1, -0.05) is 65.7 Å². The normalized spacial score (nSPS) is 11.2. The summed E-state index contributed by atoms with van der Waals surface area (Å²) in [5.41, 5.74) is 2.67. The Morgan fingerprint density at radius 1 is 0.939 bits per heavy atom. The van der Waals surface area contributed by atoms with Crippen LogP contribution in [0.4, 0.5) is 5.69 Å². The van der Waals surface area contributed by atoms with Crippen molar-refractivity contribution in [3.8, 4) is 0 Å². The van der Waals surface area contributed by atoms with Crippen LogP contribution in [0.1, 0.15) is 21.5 Å². The third-order valence-electron chi connectivity index (χ3n) is 4.78. The molecule has 0 aromatic heterocycles. The van der Waals surface area contributed by atoms with Gasteiger partial charge in [0, 0.05) is 12.1 Å². The minimum atomic E-state index is -3.57. The molecule has 0 saturated heterocycles. The summed E-state index contributed by atoms with van der Waals surface area (Å²) >= 11 is 12.0. The van der Waals surface area contributed by atoms with E-state index < -0.39 is 10.0 Å². The van der Waals surface area contributed by atoms with Gasteiger partial charge in [-0.05, 0) is 41.5 Å². The molecule has 9 heteroatoms. The smallest absolute Gasteiger partial charge is 0.251 e. The lowest BCUT2D eigenvalue weighted by molar-refractivity contribution is 0.0901. The molecule has 0 bridgehead atoms. The summed E-state index contributed by atoms with van der Waals surface area (Å²) in [5.74, 6) is -0.227. The predicted octanol–water partition coefficient (Wildman–Crippen LogP) is 4.91. The number of benzene rings is 3. The molecule has 0 saturated carbocycles. The number of anilines is 1. The number of nitrogens with zero attached hydrogens (tertiary/aromatic N) is 1. The largest absolute Gasteiger partial charge is 0.375 e. The van der Waals surface area contributed by atoms with Crippen LogP contribution in [0, 0.1) is 0 Å².